The number of aliphatic hydroxyl groups is 1. The van der Waals surface area contributed by atoms with Gasteiger partial charge in [0.25, 0.3) is 11.8 Å². The summed E-state index contributed by atoms with van der Waals surface area (Å²) in [6.45, 7) is -0.0462. The number of rotatable bonds is 4. The van der Waals surface area contributed by atoms with Crippen molar-refractivity contribution in [3.63, 3.8) is 0 Å². The average molecular weight is 262 g/mol. The summed E-state index contributed by atoms with van der Waals surface area (Å²) in [5, 5.41) is 11.3. The molecule has 0 radical (unpaired) electrons. The molecule has 100 valence electrons. The lowest BCUT2D eigenvalue weighted by atomic mass is 10.1. The molecule has 6 heteroatoms. The zero-order valence-corrected chi connectivity index (χ0v) is 10.5. The van der Waals surface area contributed by atoms with E-state index >= 15 is 0 Å². The number of anilines is 1. The minimum Gasteiger partial charge on any atom is -0.396 e. The molecule has 1 aromatic rings. The summed E-state index contributed by atoms with van der Waals surface area (Å²) in [7, 11) is 1.42. The Morgan fingerprint density at radius 3 is 2.63 bits per heavy atom. The average Bonchev–Trinajstić information content (AvgIpc) is 2.61. The number of carbonyl (C=O) groups excluding carboxylic acids is 3. The number of carbonyl (C=O) groups is 3. The van der Waals surface area contributed by atoms with Crippen LogP contribution in [0.4, 0.5) is 5.69 Å². The van der Waals surface area contributed by atoms with Crippen molar-refractivity contribution >= 4 is 23.4 Å². The van der Waals surface area contributed by atoms with Gasteiger partial charge in [-0.15, -0.1) is 0 Å². The predicted octanol–water partition coefficient (Wildman–Crippen LogP) is 0.623. The van der Waals surface area contributed by atoms with E-state index in [-0.39, 0.29) is 30.7 Å². The fourth-order valence-corrected chi connectivity index (χ4v) is 1.90. The van der Waals surface area contributed by atoms with E-state index in [1.54, 1.807) is 6.07 Å². The summed E-state index contributed by atoms with van der Waals surface area (Å²) in [6, 6.07) is 4.61. The highest BCUT2D eigenvalue weighted by Gasteiger charge is 2.32. The highest BCUT2D eigenvalue weighted by Crippen LogP contribution is 2.24. The Labute approximate surface area is 110 Å². The molecule has 2 rings (SSSR count). The summed E-state index contributed by atoms with van der Waals surface area (Å²) in [5.74, 6) is -0.941. The second-order valence-corrected chi connectivity index (χ2v) is 4.31. The molecule has 1 aromatic carbocycles. The Hall–Kier alpha value is -2.21. The molecule has 0 fully saturated rings. The summed E-state index contributed by atoms with van der Waals surface area (Å²) in [4.78, 5) is 36.0. The maximum Gasteiger partial charge on any atom is 0.261 e. The Morgan fingerprint density at radius 2 is 1.95 bits per heavy atom. The number of amides is 3. The van der Waals surface area contributed by atoms with E-state index in [4.69, 9.17) is 5.11 Å². The van der Waals surface area contributed by atoms with Crippen molar-refractivity contribution in [1.29, 1.82) is 0 Å². The Kier molecular flexibility index (Phi) is 3.62. The van der Waals surface area contributed by atoms with E-state index in [9.17, 15) is 14.4 Å². The quantitative estimate of drug-likeness (QED) is 0.779. The zero-order valence-electron chi connectivity index (χ0n) is 10.5. The third-order valence-electron chi connectivity index (χ3n) is 2.94. The Bertz CT molecular complexity index is 554. The molecule has 1 aliphatic heterocycles. The Balaban J connectivity index is 2.17. The van der Waals surface area contributed by atoms with Crippen LogP contribution in [0.3, 0.4) is 0 Å². The first-order valence-electron chi connectivity index (χ1n) is 5.91. The number of imide groups is 1. The van der Waals surface area contributed by atoms with E-state index in [1.165, 1.54) is 19.2 Å². The maximum atomic E-state index is 11.8. The van der Waals surface area contributed by atoms with E-state index in [2.05, 4.69) is 5.32 Å². The Morgan fingerprint density at radius 1 is 1.26 bits per heavy atom. The molecule has 0 saturated carbocycles. The van der Waals surface area contributed by atoms with Gasteiger partial charge in [0.15, 0.2) is 0 Å². The number of hydrogen-bond donors (Lipinski definition) is 2. The fraction of sp³-hybridized carbons (Fsp3) is 0.308. The maximum absolute atomic E-state index is 11.8. The third-order valence-corrected chi connectivity index (χ3v) is 2.94. The van der Waals surface area contributed by atoms with Gasteiger partial charge in [0.05, 0.1) is 11.1 Å². The summed E-state index contributed by atoms with van der Waals surface area (Å²) in [5.41, 5.74) is 1.12. The van der Waals surface area contributed by atoms with Crippen LogP contribution in [0.15, 0.2) is 18.2 Å². The van der Waals surface area contributed by atoms with Crippen molar-refractivity contribution < 1.29 is 19.5 Å². The van der Waals surface area contributed by atoms with Gasteiger partial charge in [-0.25, -0.2) is 0 Å². The van der Waals surface area contributed by atoms with E-state index in [1.807, 2.05) is 0 Å². The van der Waals surface area contributed by atoms with Crippen molar-refractivity contribution in [1.82, 2.24) is 4.90 Å². The van der Waals surface area contributed by atoms with Crippen molar-refractivity contribution in [2.75, 3.05) is 19.0 Å². The smallest absolute Gasteiger partial charge is 0.261 e. The SMILES string of the molecule is CN1C(=O)c2ccc(NC(=O)CCCO)cc2C1=O. The van der Waals surface area contributed by atoms with Crippen LogP contribution < -0.4 is 5.32 Å². The molecule has 0 atom stereocenters. The summed E-state index contributed by atoms with van der Waals surface area (Å²) >= 11 is 0. The third kappa shape index (κ3) is 2.48. The largest absolute Gasteiger partial charge is 0.396 e. The van der Waals surface area contributed by atoms with Gasteiger partial charge in [-0.05, 0) is 24.6 Å². The molecule has 0 saturated heterocycles. The minimum atomic E-state index is -0.369. The molecule has 0 aromatic heterocycles. The first-order valence-corrected chi connectivity index (χ1v) is 5.91. The molecular formula is C13H14N2O4. The van der Waals surface area contributed by atoms with Crippen LogP contribution in [0.5, 0.6) is 0 Å². The lowest BCUT2D eigenvalue weighted by Gasteiger charge is -2.05. The van der Waals surface area contributed by atoms with Crippen LogP contribution in [-0.2, 0) is 4.79 Å². The topological polar surface area (TPSA) is 86.7 Å². The van der Waals surface area contributed by atoms with Crippen LogP contribution in [0.1, 0.15) is 33.6 Å². The van der Waals surface area contributed by atoms with E-state index in [0.29, 0.717) is 23.2 Å². The fourth-order valence-electron chi connectivity index (χ4n) is 1.90. The number of hydrogen-bond acceptors (Lipinski definition) is 4. The molecule has 3 amide bonds. The van der Waals surface area contributed by atoms with Crippen LogP contribution in [0, 0.1) is 0 Å². The van der Waals surface area contributed by atoms with E-state index < -0.39 is 0 Å². The molecule has 19 heavy (non-hydrogen) atoms. The minimum absolute atomic E-state index is 0.0462. The number of aliphatic hydroxyl groups excluding tert-OH is 1. The zero-order chi connectivity index (χ0) is 14.0. The van der Waals surface area contributed by atoms with Crippen molar-refractivity contribution in [2.24, 2.45) is 0 Å². The van der Waals surface area contributed by atoms with Gasteiger partial charge < -0.3 is 10.4 Å². The molecule has 0 spiro atoms. The number of nitrogens with one attached hydrogen (secondary N) is 1. The number of fused-ring (bicyclic) bond motifs is 1. The standard InChI is InChI=1S/C13H14N2O4/c1-15-12(18)9-5-4-8(7-10(9)13(15)19)14-11(17)3-2-6-16/h4-5,7,16H,2-3,6H2,1H3,(H,14,17). The summed E-state index contributed by atoms with van der Waals surface area (Å²) < 4.78 is 0. The molecule has 0 bridgehead atoms. The molecule has 1 aliphatic rings. The lowest BCUT2D eigenvalue weighted by molar-refractivity contribution is -0.116. The van der Waals surface area contributed by atoms with Gasteiger partial charge >= 0.3 is 0 Å². The lowest BCUT2D eigenvalue weighted by Crippen LogP contribution is -2.24. The molecule has 1 heterocycles. The molecule has 2 N–H and O–H groups in total. The van der Waals surface area contributed by atoms with Gasteiger partial charge in [0.1, 0.15) is 0 Å². The van der Waals surface area contributed by atoms with Gasteiger partial charge in [0, 0.05) is 25.8 Å². The van der Waals surface area contributed by atoms with Gasteiger partial charge in [-0.1, -0.05) is 0 Å². The van der Waals surface area contributed by atoms with Crippen LogP contribution in [0.2, 0.25) is 0 Å². The van der Waals surface area contributed by atoms with Crippen LogP contribution in [0.25, 0.3) is 0 Å². The number of benzene rings is 1. The van der Waals surface area contributed by atoms with Gasteiger partial charge in [0.2, 0.25) is 5.91 Å². The van der Waals surface area contributed by atoms with Crippen molar-refractivity contribution in [3.05, 3.63) is 29.3 Å². The van der Waals surface area contributed by atoms with Crippen LogP contribution >= 0.6 is 0 Å². The predicted molar refractivity (Wildman–Crippen MR) is 67.8 cm³/mol. The highest BCUT2D eigenvalue weighted by molar-refractivity contribution is 6.21. The van der Waals surface area contributed by atoms with Crippen LogP contribution in [-0.4, -0.2) is 41.4 Å². The van der Waals surface area contributed by atoms with Gasteiger partial charge in [-0.2, -0.15) is 0 Å². The van der Waals surface area contributed by atoms with Crippen molar-refractivity contribution in [2.45, 2.75) is 12.8 Å². The normalized spacial score (nSPS) is 13.7. The number of nitrogens with zero attached hydrogens (tertiary/aromatic N) is 1. The van der Waals surface area contributed by atoms with E-state index in [0.717, 1.165) is 4.90 Å². The molecule has 0 unspecified atom stereocenters. The first kappa shape index (κ1) is 13.2. The van der Waals surface area contributed by atoms with Gasteiger partial charge in [-0.3, -0.25) is 19.3 Å². The first-order chi connectivity index (χ1) is 9.04. The summed E-state index contributed by atoms with van der Waals surface area (Å²) in [6.07, 6.45) is 0.595. The molecular weight excluding hydrogens is 248 g/mol. The highest BCUT2D eigenvalue weighted by atomic mass is 16.3. The second-order valence-electron chi connectivity index (χ2n) is 4.31. The second kappa shape index (κ2) is 5.19. The monoisotopic (exact) mass is 262 g/mol. The molecule has 6 nitrogen and oxygen atoms in total. The van der Waals surface area contributed by atoms with Crippen molar-refractivity contribution in [3.8, 4) is 0 Å². The molecule has 0 aliphatic carbocycles.